The quantitative estimate of drug-likeness (QED) is 0.487. The molecule has 142 valence electrons. The summed E-state index contributed by atoms with van der Waals surface area (Å²) >= 11 is 2.89. The number of hydrogen-bond acceptors (Lipinski definition) is 8. The van der Waals surface area contributed by atoms with Gasteiger partial charge in [-0.25, -0.2) is 4.98 Å². The van der Waals surface area contributed by atoms with Crippen LogP contribution >= 0.6 is 23.1 Å². The van der Waals surface area contributed by atoms with Crippen molar-refractivity contribution >= 4 is 45.0 Å². The Morgan fingerprint density at radius 1 is 1.18 bits per heavy atom. The first-order valence-electron chi connectivity index (χ1n) is 8.56. The molecule has 4 aromatic rings. The summed E-state index contributed by atoms with van der Waals surface area (Å²) < 4.78 is 5.93. The van der Waals surface area contributed by atoms with Gasteiger partial charge in [-0.15, -0.1) is 21.5 Å². The van der Waals surface area contributed by atoms with Crippen molar-refractivity contribution in [3.63, 3.8) is 0 Å². The molecule has 0 aliphatic carbocycles. The molecular formula is C19H17N5O2S2. The van der Waals surface area contributed by atoms with Crippen molar-refractivity contribution in [1.82, 2.24) is 20.3 Å². The van der Waals surface area contributed by atoms with Crippen molar-refractivity contribution in [1.29, 1.82) is 0 Å². The smallest absolute Gasteiger partial charge is 0.236 e. The van der Waals surface area contributed by atoms with Gasteiger partial charge in [0.15, 0.2) is 5.82 Å². The van der Waals surface area contributed by atoms with Gasteiger partial charge in [0.25, 0.3) is 0 Å². The highest BCUT2D eigenvalue weighted by atomic mass is 32.2. The van der Waals surface area contributed by atoms with E-state index in [1.807, 2.05) is 26.0 Å². The molecule has 28 heavy (non-hydrogen) atoms. The van der Waals surface area contributed by atoms with Crippen molar-refractivity contribution in [2.75, 3.05) is 11.1 Å². The fraction of sp³-hybridized carbons (Fsp3) is 0.211. The van der Waals surface area contributed by atoms with E-state index in [0.29, 0.717) is 16.6 Å². The highest BCUT2D eigenvalue weighted by Gasteiger charge is 2.17. The number of carbonyl (C=O) groups excluding carboxylic acids is 1. The van der Waals surface area contributed by atoms with Crippen LogP contribution in [-0.2, 0) is 4.79 Å². The number of aromatic nitrogens is 4. The van der Waals surface area contributed by atoms with E-state index in [2.05, 4.69) is 37.8 Å². The molecule has 0 bridgehead atoms. The molecule has 0 aliphatic rings. The highest BCUT2D eigenvalue weighted by Crippen LogP contribution is 2.35. The van der Waals surface area contributed by atoms with Gasteiger partial charge < -0.3 is 9.84 Å². The molecule has 1 amide bonds. The number of rotatable bonds is 5. The molecular weight excluding hydrogens is 394 g/mol. The van der Waals surface area contributed by atoms with E-state index < -0.39 is 0 Å². The van der Waals surface area contributed by atoms with Crippen LogP contribution in [0.2, 0.25) is 0 Å². The lowest BCUT2D eigenvalue weighted by molar-refractivity contribution is -0.113. The fourth-order valence-electron chi connectivity index (χ4n) is 2.66. The van der Waals surface area contributed by atoms with Crippen LogP contribution in [-0.4, -0.2) is 32.0 Å². The maximum absolute atomic E-state index is 12.2. The summed E-state index contributed by atoms with van der Waals surface area (Å²) in [6.07, 6.45) is 0. The second-order valence-electron chi connectivity index (χ2n) is 6.29. The monoisotopic (exact) mass is 411 g/mol. The zero-order chi connectivity index (χ0) is 19.7. The van der Waals surface area contributed by atoms with Crippen molar-refractivity contribution in [2.45, 2.75) is 25.8 Å². The zero-order valence-electron chi connectivity index (χ0n) is 15.5. The Bertz CT molecular complexity index is 1150. The molecule has 9 heteroatoms. The number of amides is 1. The van der Waals surface area contributed by atoms with E-state index in [0.717, 1.165) is 26.5 Å². The molecule has 0 atom stereocenters. The number of nitrogens with one attached hydrogen (secondary N) is 1. The minimum atomic E-state index is -0.192. The average molecular weight is 412 g/mol. The summed E-state index contributed by atoms with van der Waals surface area (Å²) in [7, 11) is 0. The highest BCUT2D eigenvalue weighted by molar-refractivity contribution is 8.00. The van der Waals surface area contributed by atoms with Gasteiger partial charge in [-0.05, 0) is 20.8 Å². The molecule has 0 unspecified atom stereocenters. The third kappa shape index (κ3) is 3.90. The number of benzene rings is 1. The molecule has 0 saturated carbocycles. The lowest BCUT2D eigenvalue weighted by Crippen LogP contribution is -2.14. The fourth-order valence-corrected chi connectivity index (χ4v) is 4.37. The Balaban J connectivity index is 1.57. The number of nitrogens with zero attached hydrogens (tertiary/aromatic N) is 4. The van der Waals surface area contributed by atoms with E-state index in [1.165, 1.54) is 17.3 Å². The summed E-state index contributed by atoms with van der Waals surface area (Å²) in [5.74, 6) is 1.03. The van der Waals surface area contributed by atoms with E-state index in [4.69, 9.17) is 4.52 Å². The number of fused-ring (bicyclic) bond motifs is 1. The molecule has 0 saturated heterocycles. The Morgan fingerprint density at radius 2 is 1.96 bits per heavy atom. The number of thioether (sulfide) groups is 1. The average Bonchev–Trinajstić information content (AvgIpc) is 3.25. The van der Waals surface area contributed by atoms with Gasteiger partial charge in [-0.3, -0.25) is 4.79 Å². The molecule has 1 aromatic carbocycles. The van der Waals surface area contributed by atoms with Crippen LogP contribution in [0.1, 0.15) is 16.3 Å². The van der Waals surface area contributed by atoms with Gasteiger partial charge in [-0.1, -0.05) is 46.7 Å². The van der Waals surface area contributed by atoms with E-state index in [-0.39, 0.29) is 11.7 Å². The minimum absolute atomic E-state index is 0.177. The lowest BCUT2D eigenvalue weighted by Gasteiger charge is -2.05. The van der Waals surface area contributed by atoms with Crippen molar-refractivity contribution < 1.29 is 9.32 Å². The maximum Gasteiger partial charge on any atom is 0.236 e. The van der Waals surface area contributed by atoms with Gasteiger partial charge in [0.1, 0.15) is 22.0 Å². The lowest BCUT2D eigenvalue weighted by atomic mass is 10.1. The summed E-state index contributed by atoms with van der Waals surface area (Å²) in [6, 6.07) is 9.84. The molecule has 1 N–H and O–H groups in total. The normalized spacial score (nSPS) is 11.1. The molecule has 0 radical (unpaired) electrons. The number of thiazole rings is 1. The van der Waals surface area contributed by atoms with Gasteiger partial charge in [-0.2, -0.15) is 0 Å². The Hall–Kier alpha value is -2.78. The van der Waals surface area contributed by atoms with Gasteiger partial charge in [0, 0.05) is 11.6 Å². The van der Waals surface area contributed by atoms with Crippen molar-refractivity contribution in [2.24, 2.45) is 0 Å². The molecule has 4 rings (SSSR count). The number of hydrogen-bond donors (Lipinski definition) is 1. The Kier molecular flexibility index (Phi) is 5.10. The molecule has 0 spiro atoms. The first-order chi connectivity index (χ1) is 13.5. The van der Waals surface area contributed by atoms with Crippen LogP contribution in [0.3, 0.4) is 0 Å². The van der Waals surface area contributed by atoms with Crippen LogP contribution in [0.5, 0.6) is 0 Å². The molecule has 3 heterocycles. The van der Waals surface area contributed by atoms with Crippen LogP contribution < -0.4 is 5.32 Å². The maximum atomic E-state index is 12.2. The standard InChI is InChI=1S/C19H17N5O2S2/c1-10-4-6-13(7-5-10)16-18-17(20-12(3)28-18)19(23-22-16)27-9-15(25)21-14-8-11(2)26-24-14/h4-8H,9H2,1-3H3,(H,21,24,25). The second kappa shape index (κ2) is 7.69. The molecule has 3 aromatic heterocycles. The number of anilines is 1. The SMILES string of the molecule is Cc1ccc(-c2nnc(SCC(=O)Nc3cc(C)on3)c3nc(C)sc23)cc1. The van der Waals surface area contributed by atoms with E-state index in [1.54, 1.807) is 24.3 Å². The topological polar surface area (TPSA) is 93.8 Å². The Labute approximate surface area is 169 Å². The van der Waals surface area contributed by atoms with Crippen molar-refractivity contribution in [3.05, 3.63) is 46.7 Å². The van der Waals surface area contributed by atoms with Crippen LogP contribution in [0, 0.1) is 20.8 Å². The summed E-state index contributed by atoms with van der Waals surface area (Å²) in [4.78, 5) is 16.8. The number of aryl methyl sites for hydroxylation is 3. The minimum Gasteiger partial charge on any atom is -0.360 e. The first kappa shape index (κ1) is 18.6. The summed E-state index contributed by atoms with van der Waals surface area (Å²) in [5.41, 5.74) is 3.78. The van der Waals surface area contributed by atoms with Gasteiger partial charge >= 0.3 is 0 Å². The van der Waals surface area contributed by atoms with Gasteiger partial charge in [0.2, 0.25) is 5.91 Å². The van der Waals surface area contributed by atoms with Gasteiger partial charge in [0.05, 0.1) is 15.5 Å². The zero-order valence-corrected chi connectivity index (χ0v) is 17.1. The third-order valence-corrected chi connectivity index (χ3v) is 5.89. The first-order valence-corrected chi connectivity index (χ1v) is 10.4. The summed E-state index contributed by atoms with van der Waals surface area (Å²) in [6.45, 7) is 5.77. The van der Waals surface area contributed by atoms with Crippen LogP contribution in [0.25, 0.3) is 21.5 Å². The van der Waals surface area contributed by atoms with E-state index >= 15 is 0 Å². The van der Waals surface area contributed by atoms with E-state index in [9.17, 15) is 4.79 Å². The molecule has 7 nitrogen and oxygen atoms in total. The largest absolute Gasteiger partial charge is 0.360 e. The second-order valence-corrected chi connectivity index (χ2v) is 8.46. The third-order valence-electron chi connectivity index (χ3n) is 3.95. The predicted molar refractivity (Wildman–Crippen MR) is 111 cm³/mol. The number of carbonyl (C=O) groups is 1. The van der Waals surface area contributed by atoms with Crippen molar-refractivity contribution in [3.8, 4) is 11.3 Å². The molecule has 0 aliphatic heterocycles. The predicted octanol–water partition coefficient (Wildman–Crippen LogP) is 4.40. The Morgan fingerprint density at radius 3 is 2.68 bits per heavy atom. The van der Waals surface area contributed by atoms with Crippen LogP contribution in [0.15, 0.2) is 39.9 Å². The van der Waals surface area contributed by atoms with Crippen LogP contribution in [0.4, 0.5) is 5.82 Å². The molecule has 0 fully saturated rings. The summed E-state index contributed by atoms with van der Waals surface area (Å²) in [5, 5.41) is 16.8.